The van der Waals surface area contributed by atoms with Crippen molar-refractivity contribution in [2.24, 2.45) is 11.8 Å². The SMILES string of the molecule is CC(C)C[C@H](NC(=O)CCNC(=O)OCC1c2ccccc2-c2ccccc21)C(=O)N[C@@H](C)C(=O)N[C@@H](CC(C)C)C(=O)Nc1ccc(COC(=O)Oc2ccc([N+](=O)[O-])cc2)cc1. The summed E-state index contributed by atoms with van der Waals surface area (Å²) < 4.78 is 15.7. The Hall–Kier alpha value is -7.30. The Morgan fingerprint density at radius 2 is 1.25 bits per heavy atom. The summed E-state index contributed by atoms with van der Waals surface area (Å²) in [5.74, 6) is -2.18. The minimum Gasteiger partial charge on any atom is -0.449 e. The molecule has 0 aliphatic heterocycles. The van der Waals surface area contributed by atoms with Crippen LogP contribution in [0.5, 0.6) is 5.75 Å². The molecule has 338 valence electrons. The van der Waals surface area contributed by atoms with Crippen LogP contribution >= 0.6 is 0 Å². The van der Waals surface area contributed by atoms with Gasteiger partial charge in [-0.15, -0.1) is 0 Å². The highest BCUT2D eigenvalue weighted by atomic mass is 16.7. The molecule has 64 heavy (non-hydrogen) atoms. The molecule has 17 nitrogen and oxygen atoms in total. The number of nitro groups is 1. The van der Waals surface area contributed by atoms with Crippen LogP contribution in [0, 0.1) is 22.0 Å². The van der Waals surface area contributed by atoms with Gasteiger partial charge in [0.25, 0.3) is 5.69 Å². The smallest absolute Gasteiger partial charge is 0.449 e. The molecule has 5 N–H and O–H groups in total. The van der Waals surface area contributed by atoms with Gasteiger partial charge >= 0.3 is 12.2 Å². The molecule has 5 rings (SSSR count). The molecule has 0 radical (unpaired) electrons. The van der Waals surface area contributed by atoms with E-state index in [0.717, 1.165) is 22.3 Å². The minimum absolute atomic E-state index is 0.00541. The van der Waals surface area contributed by atoms with Gasteiger partial charge in [-0.25, -0.2) is 9.59 Å². The molecule has 0 unspecified atom stereocenters. The number of nitro benzene ring substituents is 1. The molecule has 0 spiro atoms. The average Bonchev–Trinajstić information content (AvgIpc) is 3.58. The molecule has 3 atom stereocenters. The van der Waals surface area contributed by atoms with E-state index in [0.29, 0.717) is 11.3 Å². The highest BCUT2D eigenvalue weighted by Gasteiger charge is 2.30. The van der Waals surface area contributed by atoms with Gasteiger partial charge in [-0.2, -0.15) is 0 Å². The van der Waals surface area contributed by atoms with E-state index in [1.54, 1.807) is 24.3 Å². The van der Waals surface area contributed by atoms with Gasteiger partial charge in [0, 0.05) is 36.7 Å². The lowest BCUT2D eigenvalue weighted by Gasteiger charge is -2.25. The fourth-order valence-corrected chi connectivity index (χ4v) is 7.09. The Bertz CT molecular complexity index is 2250. The van der Waals surface area contributed by atoms with Gasteiger partial charge in [-0.05, 0) is 83.7 Å². The Balaban J connectivity index is 1.05. The zero-order valence-electron chi connectivity index (χ0n) is 36.4. The molecule has 0 saturated heterocycles. The molecule has 0 fully saturated rings. The minimum atomic E-state index is -1.07. The third-order valence-electron chi connectivity index (χ3n) is 10.2. The Morgan fingerprint density at radius 1 is 0.672 bits per heavy atom. The largest absolute Gasteiger partial charge is 0.514 e. The monoisotopic (exact) mass is 878 g/mol. The van der Waals surface area contributed by atoms with Crippen molar-refractivity contribution in [3.8, 4) is 16.9 Å². The van der Waals surface area contributed by atoms with E-state index < -0.39 is 58.9 Å². The lowest BCUT2D eigenvalue weighted by Crippen LogP contribution is -2.55. The summed E-state index contributed by atoms with van der Waals surface area (Å²) in [6, 6.07) is 24.4. The zero-order valence-corrected chi connectivity index (χ0v) is 36.4. The number of anilines is 1. The van der Waals surface area contributed by atoms with Crippen LogP contribution in [0.15, 0.2) is 97.1 Å². The maximum Gasteiger partial charge on any atom is 0.514 e. The molecule has 4 aromatic rings. The highest BCUT2D eigenvalue weighted by molar-refractivity contribution is 5.99. The predicted octanol–water partition coefficient (Wildman–Crippen LogP) is 6.74. The van der Waals surface area contributed by atoms with Crippen LogP contribution in [-0.2, 0) is 35.3 Å². The number of hydrogen-bond acceptors (Lipinski definition) is 11. The first kappa shape index (κ1) is 47.7. The lowest BCUT2D eigenvalue weighted by atomic mass is 9.98. The van der Waals surface area contributed by atoms with Crippen LogP contribution in [0.25, 0.3) is 11.1 Å². The molecule has 4 aromatic carbocycles. The van der Waals surface area contributed by atoms with Gasteiger partial charge in [0.05, 0.1) is 4.92 Å². The Morgan fingerprint density at radius 3 is 1.83 bits per heavy atom. The Kier molecular flexibility index (Phi) is 16.9. The summed E-state index contributed by atoms with van der Waals surface area (Å²) in [5, 5.41) is 24.3. The van der Waals surface area contributed by atoms with E-state index >= 15 is 0 Å². The van der Waals surface area contributed by atoms with Crippen molar-refractivity contribution < 1.29 is 47.9 Å². The topological polar surface area (TPSA) is 233 Å². The van der Waals surface area contributed by atoms with E-state index in [1.165, 1.54) is 31.2 Å². The molecule has 5 amide bonds. The number of nitrogens with one attached hydrogen (secondary N) is 5. The second-order valence-electron chi connectivity index (χ2n) is 16.3. The Labute approximate surface area is 371 Å². The van der Waals surface area contributed by atoms with Crippen molar-refractivity contribution in [3.63, 3.8) is 0 Å². The first-order valence-corrected chi connectivity index (χ1v) is 21.1. The van der Waals surface area contributed by atoms with Crippen LogP contribution in [0.1, 0.15) is 76.5 Å². The first-order valence-electron chi connectivity index (χ1n) is 21.1. The summed E-state index contributed by atoms with van der Waals surface area (Å²) >= 11 is 0. The molecule has 1 aliphatic rings. The molecule has 17 heteroatoms. The number of rotatable bonds is 20. The van der Waals surface area contributed by atoms with Crippen molar-refractivity contribution in [2.45, 2.75) is 84.5 Å². The lowest BCUT2D eigenvalue weighted by molar-refractivity contribution is -0.384. The molecule has 0 bridgehead atoms. The van der Waals surface area contributed by atoms with Gasteiger partial charge in [-0.3, -0.25) is 29.3 Å². The van der Waals surface area contributed by atoms with E-state index in [9.17, 15) is 38.9 Å². The second-order valence-corrected chi connectivity index (χ2v) is 16.3. The van der Waals surface area contributed by atoms with Crippen molar-refractivity contribution in [1.29, 1.82) is 0 Å². The highest BCUT2D eigenvalue weighted by Crippen LogP contribution is 2.44. The summed E-state index contributed by atoms with van der Waals surface area (Å²) in [6.45, 7) is 8.99. The number of non-ortho nitro benzene ring substituents is 1. The third-order valence-corrected chi connectivity index (χ3v) is 10.2. The van der Waals surface area contributed by atoms with Crippen molar-refractivity contribution >= 4 is 47.3 Å². The second kappa shape index (κ2) is 22.7. The van der Waals surface area contributed by atoms with Crippen molar-refractivity contribution in [3.05, 3.63) is 124 Å². The molecular formula is C47H54N6O11. The van der Waals surface area contributed by atoms with Gasteiger partial charge < -0.3 is 40.8 Å². The average molecular weight is 879 g/mol. The van der Waals surface area contributed by atoms with Crippen LogP contribution < -0.4 is 31.3 Å². The molecule has 0 aromatic heterocycles. The molecule has 0 heterocycles. The summed E-state index contributed by atoms with van der Waals surface area (Å²) in [4.78, 5) is 88.2. The zero-order chi connectivity index (χ0) is 46.3. The van der Waals surface area contributed by atoms with Crippen LogP contribution in [0.3, 0.4) is 0 Å². The number of fused-ring (bicyclic) bond motifs is 3. The number of ether oxygens (including phenoxy) is 3. The number of nitrogens with zero attached hydrogens (tertiary/aromatic N) is 1. The summed E-state index contributed by atoms with van der Waals surface area (Å²) in [6.07, 6.45) is -1.23. The third kappa shape index (κ3) is 13.9. The number of carbonyl (C=O) groups is 6. The summed E-state index contributed by atoms with van der Waals surface area (Å²) in [5.41, 5.74) is 5.21. The van der Waals surface area contributed by atoms with E-state index in [2.05, 4.69) is 26.6 Å². The molecule has 0 saturated carbocycles. The standard InChI is InChI=1S/C47H54N6O11/c1-28(2)24-40(51-42(54)22-23-48-46(58)62-27-39-37-12-8-6-10-35(37)36-11-7-9-13-38(36)39)44(56)49-30(5)43(55)52-41(25-29(3)4)45(57)50-32-16-14-31(15-17-32)26-63-47(59)64-34-20-18-33(19-21-34)53(60)61/h6-21,28-30,39-41H,22-27H2,1-5H3,(H,48,58)(H,49,56)(H,50,57)(H,51,54)(H,52,55)/t30-,40-,41-/m0/s1. The van der Waals surface area contributed by atoms with Crippen LogP contribution in [-0.4, -0.2) is 72.1 Å². The van der Waals surface area contributed by atoms with Gasteiger partial charge in [0.2, 0.25) is 23.6 Å². The van der Waals surface area contributed by atoms with Crippen molar-refractivity contribution in [2.75, 3.05) is 18.5 Å². The van der Waals surface area contributed by atoms with E-state index in [1.807, 2.05) is 76.2 Å². The summed E-state index contributed by atoms with van der Waals surface area (Å²) in [7, 11) is 0. The fourth-order valence-electron chi connectivity index (χ4n) is 7.09. The van der Waals surface area contributed by atoms with Crippen molar-refractivity contribution in [1.82, 2.24) is 21.3 Å². The molecule has 1 aliphatic carbocycles. The maximum absolute atomic E-state index is 13.4. The van der Waals surface area contributed by atoms with E-state index in [-0.39, 0.29) is 68.2 Å². The molecular weight excluding hydrogens is 825 g/mol. The van der Waals surface area contributed by atoms with E-state index in [4.69, 9.17) is 14.2 Å². The van der Waals surface area contributed by atoms with Gasteiger partial charge in [0.15, 0.2) is 0 Å². The van der Waals surface area contributed by atoms with Gasteiger partial charge in [-0.1, -0.05) is 88.4 Å². The van der Waals surface area contributed by atoms with Gasteiger partial charge in [0.1, 0.15) is 37.1 Å². The number of carbonyl (C=O) groups excluding carboxylic acids is 6. The number of benzene rings is 4. The number of hydrogen-bond donors (Lipinski definition) is 5. The number of alkyl carbamates (subject to hydrolysis) is 1. The quantitative estimate of drug-likeness (QED) is 0.0270. The van der Waals surface area contributed by atoms with Crippen LogP contribution in [0.2, 0.25) is 0 Å². The normalized spacial score (nSPS) is 13.0. The predicted molar refractivity (Wildman–Crippen MR) is 237 cm³/mol. The van der Waals surface area contributed by atoms with Crippen LogP contribution in [0.4, 0.5) is 21.0 Å². The maximum atomic E-state index is 13.4. The number of amides is 5. The first-order chi connectivity index (χ1) is 30.6. The fraction of sp³-hybridized carbons (Fsp3) is 0.362.